The van der Waals surface area contributed by atoms with Gasteiger partial charge in [0, 0.05) is 18.0 Å². The van der Waals surface area contributed by atoms with Gasteiger partial charge in [0.05, 0.1) is 24.2 Å². The number of hydrogen-bond donors (Lipinski definition) is 2. The van der Waals surface area contributed by atoms with Crippen LogP contribution in [0, 0.1) is 0 Å². The van der Waals surface area contributed by atoms with E-state index < -0.39 is 0 Å². The molecule has 0 aliphatic carbocycles. The molecule has 0 aliphatic heterocycles. The van der Waals surface area contributed by atoms with Crippen molar-refractivity contribution < 1.29 is 18.7 Å². The smallest absolute Gasteiger partial charge is 0.338 e. The van der Waals surface area contributed by atoms with E-state index in [1.54, 1.807) is 42.3 Å². The van der Waals surface area contributed by atoms with Crippen molar-refractivity contribution in [3.05, 3.63) is 54.0 Å². The van der Waals surface area contributed by atoms with E-state index in [2.05, 4.69) is 17.6 Å². The van der Waals surface area contributed by atoms with Crippen molar-refractivity contribution in [3.63, 3.8) is 0 Å². The zero-order valence-corrected chi connectivity index (χ0v) is 17.1. The Labute approximate surface area is 170 Å². The second kappa shape index (κ2) is 12.9. The molecule has 0 unspecified atom stereocenters. The fourth-order valence-electron chi connectivity index (χ4n) is 2.45. The van der Waals surface area contributed by atoms with Gasteiger partial charge < -0.3 is 19.8 Å². The molecule has 6 nitrogen and oxygen atoms in total. The second-order valence-electron chi connectivity index (χ2n) is 6.29. The minimum absolute atomic E-state index is 0.273. The maximum atomic E-state index is 12.0. The molecule has 0 spiro atoms. The van der Waals surface area contributed by atoms with Crippen LogP contribution in [0.2, 0.25) is 0 Å². The predicted octanol–water partition coefficient (Wildman–Crippen LogP) is 5.07. The number of thioether (sulfide) groups is 1. The topological polar surface area (TPSA) is 80.6 Å². The lowest BCUT2D eigenvalue weighted by molar-refractivity contribution is 0.0498. The number of ether oxygens (including phenoxy) is 1. The quantitative estimate of drug-likeness (QED) is 0.381. The van der Waals surface area contributed by atoms with Crippen molar-refractivity contribution in [2.45, 2.75) is 38.4 Å². The Bertz CT molecular complexity index is 702. The molecule has 0 saturated heterocycles. The van der Waals surface area contributed by atoms with Gasteiger partial charge in [-0.1, -0.05) is 26.2 Å². The zero-order valence-electron chi connectivity index (χ0n) is 16.2. The number of anilines is 1. The van der Waals surface area contributed by atoms with Crippen molar-refractivity contribution in [2.75, 3.05) is 24.2 Å². The summed E-state index contributed by atoms with van der Waals surface area (Å²) in [6, 6.07) is 10.2. The van der Waals surface area contributed by atoms with Gasteiger partial charge >= 0.3 is 12.0 Å². The van der Waals surface area contributed by atoms with Crippen LogP contribution in [-0.2, 0) is 10.5 Å². The number of esters is 1. The van der Waals surface area contributed by atoms with Crippen LogP contribution in [0.3, 0.4) is 0 Å². The van der Waals surface area contributed by atoms with Crippen LogP contribution in [0.1, 0.15) is 48.7 Å². The average Bonchev–Trinajstić information content (AvgIpc) is 3.21. The summed E-state index contributed by atoms with van der Waals surface area (Å²) in [5, 5.41) is 5.55. The largest absolute Gasteiger partial charge is 0.468 e. The third kappa shape index (κ3) is 8.52. The van der Waals surface area contributed by atoms with Gasteiger partial charge in [0.2, 0.25) is 0 Å². The van der Waals surface area contributed by atoms with Crippen LogP contribution in [-0.4, -0.2) is 30.9 Å². The fourth-order valence-corrected chi connectivity index (χ4v) is 3.20. The van der Waals surface area contributed by atoms with Crippen LogP contribution in [0.25, 0.3) is 0 Å². The molecule has 1 aromatic heterocycles. The first kappa shape index (κ1) is 21.9. The monoisotopic (exact) mass is 404 g/mol. The van der Waals surface area contributed by atoms with Crippen LogP contribution in [0.4, 0.5) is 10.5 Å². The Hall–Kier alpha value is -2.41. The van der Waals surface area contributed by atoms with Gasteiger partial charge in [-0.15, -0.1) is 0 Å². The Balaban J connectivity index is 1.61. The summed E-state index contributed by atoms with van der Waals surface area (Å²) in [5.74, 6) is 2.17. The van der Waals surface area contributed by atoms with Crippen LogP contribution < -0.4 is 10.6 Å². The number of amides is 2. The molecular weight excluding hydrogens is 376 g/mol. The predicted molar refractivity (Wildman–Crippen MR) is 113 cm³/mol. The van der Waals surface area contributed by atoms with Gasteiger partial charge in [0.25, 0.3) is 0 Å². The molecule has 1 heterocycles. The highest BCUT2D eigenvalue weighted by atomic mass is 32.2. The van der Waals surface area contributed by atoms with E-state index in [9.17, 15) is 9.59 Å². The minimum atomic E-state index is -0.332. The zero-order chi connectivity index (χ0) is 20.0. The number of furan rings is 1. The van der Waals surface area contributed by atoms with Crippen LogP contribution in [0.5, 0.6) is 0 Å². The summed E-state index contributed by atoms with van der Waals surface area (Å²) in [5.41, 5.74) is 1.11. The molecule has 0 radical (unpaired) electrons. The molecular formula is C21H28N2O4S. The van der Waals surface area contributed by atoms with Gasteiger partial charge in [-0.2, -0.15) is 11.8 Å². The van der Waals surface area contributed by atoms with E-state index in [1.807, 2.05) is 12.1 Å². The number of unbranched alkanes of at least 4 members (excludes halogenated alkanes) is 3. The van der Waals surface area contributed by atoms with E-state index in [0.29, 0.717) is 24.4 Å². The lowest BCUT2D eigenvalue weighted by Gasteiger charge is -2.08. The van der Waals surface area contributed by atoms with Gasteiger partial charge in [-0.3, -0.25) is 0 Å². The molecule has 2 amide bonds. The summed E-state index contributed by atoms with van der Waals surface area (Å²) in [7, 11) is 0. The SMILES string of the molecule is CCCCCCOC(=O)c1ccc(NC(=O)NCCSCc2ccco2)cc1. The third-order valence-electron chi connectivity index (χ3n) is 3.97. The second-order valence-corrected chi connectivity index (χ2v) is 7.39. The van der Waals surface area contributed by atoms with Gasteiger partial charge in [0.15, 0.2) is 0 Å². The van der Waals surface area contributed by atoms with Crippen molar-refractivity contribution in [2.24, 2.45) is 0 Å². The lowest BCUT2D eigenvalue weighted by atomic mass is 10.2. The average molecular weight is 405 g/mol. The summed E-state index contributed by atoms with van der Waals surface area (Å²) in [6.07, 6.45) is 5.92. The number of benzene rings is 1. The Morgan fingerprint density at radius 1 is 1.11 bits per heavy atom. The van der Waals surface area contributed by atoms with Crippen LogP contribution in [0.15, 0.2) is 47.1 Å². The number of rotatable bonds is 12. The molecule has 0 fully saturated rings. The molecule has 7 heteroatoms. The van der Waals surface area contributed by atoms with Crippen LogP contribution >= 0.6 is 11.8 Å². The van der Waals surface area contributed by atoms with Gasteiger partial charge in [0.1, 0.15) is 5.76 Å². The van der Waals surface area contributed by atoms with Gasteiger partial charge in [-0.05, 0) is 42.8 Å². The molecule has 28 heavy (non-hydrogen) atoms. The fraction of sp³-hybridized carbons (Fsp3) is 0.429. The summed E-state index contributed by atoms with van der Waals surface area (Å²) >= 11 is 1.69. The lowest BCUT2D eigenvalue weighted by Crippen LogP contribution is -2.30. The van der Waals surface area contributed by atoms with Crippen molar-refractivity contribution in [3.8, 4) is 0 Å². The Kier molecular flexibility index (Phi) is 10.1. The summed E-state index contributed by atoms with van der Waals surface area (Å²) < 4.78 is 10.5. The van der Waals surface area contributed by atoms with E-state index in [0.717, 1.165) is 42.9 Å². The highest BCUT2D eigenvalue weighted by Gasteiger charge is 2.08. The van der Waals surface area contributed by atoms with Crippen molar-refractivity contribution >= 4 is 29.4 Å². The standard InChI is InChI=1S/C21H28N2O4S/c1-2-3-4-5-13-27-20(24)17-8-10-18(11-9-17)23-21(25)22-12-15-28-16-19-7-6-14-26-19/h6-11,14H,2-5,12-13,15-16H2,1H3,(H2,22,23,25). The van der Waals surface area contributed by atoms with E-state index in [4.69, 9.17) is 9.15 Å². The normalized spacial score (nSPS) is 10.5. The first-order valence-electron chi connectivity index (χ1n) is 9.61. The highest BCUT2D eigenvalue weighted by Crippen LogP contribution is 2.12. The van der Waals surface area contributed by atoms with E-state index >= 15 is 0 Å². The Morgan fingerprint density at radius 2 is 1.93 bits per heavy atom. The van der Waals surface area contributed by atoms with Gasteiger partial charge in [-0.25, -0.2) is 9.59 Å². The summed E-state index contributed by atoms with van der Waals surface area (Å²) in [6.45, 7) is 3.14. The molecule has 2 rings (SSSR count). The molecule has 0 aliphatic rings. The van der Waals surface area contributed by atoms with E-state index in [1.165, 1.54) is 0 Å². The Morgan fingerprint density at radius 3 is 2.64 bits per heavy atom. The number of carbonyl (C=O) groups excluding carboxylic acids is 2. The minimum Gasteiger partial charge on any atom is -0.468 e. The van der Waals surface area contributed by atoms with E-state index in [-0.39, 0.29) is 12.0 Å². The molecule has 0 bridgehead atoms. The molecule has 1 aromatic carbocycles. The molecule has 0 atom stereocenters. The highest BCUT2D eigenvalue weighted by molar-refractivity contribution is 7.98. The maximum Gasteiger partial charge on any atom is 0.338 e. The number of hydrogen-bond acceptors (Lipinski definition) is 5. The third-order valence-corrected chi connectivity index (χ3v) is 4.95. The maximum absolute atomic E-state index is 12.0. The number of urea groups is 1. The first-order valence-corrected chi connectivity index (χ1v) is 10.8. The molecule has 2 N–H and O–H groups in total. The first-order chi connectivity index (χ1) is 13.7. The van der Waals surface area contributed by atoms with Crippen molar-refractivity contribution in [1.82, 2.24) is 5.32 Å². The molecule has 152 valence electrons. The number of carbonyl (C=O) groups is 2. The summed E-state index contributed by atoms with van der Waals surface area (Å²) in [4.78, 5) is 23.9. The number of nitrogens with one attached hydrogen (secondary N) is 2. The molecule has 2 aromatic rings. The molecule has 0 saturated carbocycles. The van der Waals surface area contributed by atoms with Crippen molar-refractivity contribution in [1.29, 1.82) is 0 Å².